The van der Waals surface area contributed by atoms with E-state index >= 15 is 0 Å². The second kappa shape index (κ2) is 14.3. The van der Waals surface area contributed by atoms with Crippen molar-refractivity contribution in [2.24, 2.45) is 11.8 Å². The molecule has 0 unspecified atom stereocenters. The van der Waals surface area contributed by atoms with Crippen molar-refractivity contribution in [3.05, 3.63) is 48.5 Å². The molecule has 1 aliphatic heterocycles. The van der Waals surface area contributed by atoms with Crippen molar-refractivity contribution in [3.8, 4) is 5.75 Å². The van der Waals surface area contributed by atoms with Gasteiger partial charge in [-0.2, -0.15) is 0 Å². The lowest BCUT2D eigenvalue weighted by atomic mass is 9.96. The highest BCUT2D eigenvalue weighted by Crippen LogP contribution is 2.20. The van der Waals surface area contributed by atoms with Gasteiger partial charge in [0.05, 0.1) is 24.4 Å². The Balaban J connectivity index is 1.87. The standard InChI is InChI=1S/C28H40N6O5/c1-5-19(4)25-28(38)31-20(14-18(2)3)16-39-23-9-7-6-8-21(23)26(36)32-22(15-24(35)33-25)27(37)30-11-13-34-12-10-29-17-34/h6-10,12,17-20,22,25H,5,11,13-16H2,1-4H3,(H,30,37)(H,31,38)(H,32,36)(H,33,35)/t19-,20+,22-,25-/m0/s1. The summed E-state index contributed by atoms with van der Waals surface area (Å²) in [6, 6.07) is 4.43. The third-order valence-electron chi connectivity index (χ3n) is 6.73. The number of benzene rings is 1. The number of rotatable bonds is 8. The Kier molecular flexibility index (Phi) is 10.9. The minimum absolute atomic E-state index is 0.146. The molecule has 1 aromatic heterocycles. The molecule has 1 aromatic carbocycles. The largest absolute Gasteiger partial charge is 0.491 e. The van der Waals surface area contributed by atoms with E-state index in [4.69, 9.17) is 4.74 Å². The first-order valence-electron chi connectivity index (χ1n) is 13.5. The van der Waals surface area contributed by atoms with Crippen LogP contribution < -0.4 is 26.0 Å². The topological polar surface area (TPSA) is 143 Å². The molecule has 39 heavy (non-hydrogen) atoms. The Morgan fingerprint density at radius 2 is 1.92 bits per heavy atom. The number of nitrogens with one attached hydrogen (secondary N) is 4. The number of hydrogen-bond acceptors (Lipinski definition) is 6. The van der Waals surface area contributed by atoms with Gasteiger partial charge in [-0.25, -0.2) is 4.98 Å². The zero-order valence-electron chi connectivity index (χ0n) is 23.1. The van der Waals surface area contributed by atoms with Crippen molar-refractivity contribution < 1.29 is 23.9 Å². The molecule has 0 saturated heterocycles. The number of carbonyl (C=O) groups excluding carboxylic acids is 4. The van der Waals surface area contributed by atoms with Crippen molar-refractivity contribution in [2.45, 2.75) is 71.6 Å². The lowest BCUT2D eigenvalue weighted by Crippen LogP contribution is -2.56. The Hall–Kier alpha value is -3.89. The SMILES string of the molecule is CC[C@H](C)[C@@H]1NC(=O)C[C@@H](C(=O)NCCn2ccnc2)NC(=O)c2ccccc2OC[C@@H](CC(C)C)NC1=O. The minimum Gasteiger partial charge on any atom is -0.491 e. The second-order valence-corrected chi connectivity index (χ2v) is 10.4. The Morgan fingerprint density at radius 3 is 2.62 bits per heavy atom. The van der Waals surface area contributed by atoms with Gasteiger partial charge in [0, 0.05) is 25.5 Å². The molecule has 212 valence electrons. The minimum atomic E-state index is -1.16. The fraction of sp³-hybridized carbons (Fsp3) is 0.536. The summed E-state index contributed by atoms with van der Waals surface area (Å²) in [5.41, 5.74) is 0.235. The van der Waals surface area contributed by atoms with Gasteiger partial charge < -0.3 is 30.6 Å². The molecule has 4 N–H and O–H groups in total. The Morgan fingerprint density at radius 1 is 1.15 bits per heavy atom. The van der Waals surface area contributed by atoms with Crippen LogP contribution in [0.1, 0.15) is 57.3 Å². The van der Waals surface area contributed by atoms with E-state index in [1.54, 1.807) is 47.6 Å². The summed E-state index contributed by atoms with van der Waals surface area (Å²) in [4.78, 5) is 56.9. The average molecular weight is 541 g/mol. The van der Waals surface area contributed by atoms with Crippen LogP contribution in [0.3, 0.4) is 0 Å². The normalized spacial score (nSPS) is 21.5. The summed E-state index contributed by atoms with van der Waals surface area (Å²) in [5.74, 6) is -1.40. The zero-order chi connectivity index (χ0) is 28.4. The first kappa shape index (κ1) is 29.7. The van der Waals surface area contributed by atoms with Crippen LogP contribution in [0.2, 0.25) is 0 Å². The molecule has 0 radical (unpaired) electrons. The lowest BCUT2D eigenvalue weighted by Gasteiger charge is -2.29. The van der Waals surface area contributed by atoms with Crippen LogP contribution in [0.4, 0.5) is 0 Å². The van der Waals surface area contributed by atoms with Crippen molar-refractivity contribution in [1.29, 1.82) is 0 Å². The maximum absolute atomic E-state index is 13.4. The van der Waals surface area contributed by atoms with Gasteiger partial charge in [0.1, 0.15) is 24.4 Å². The molecule has 4 amide bonds. The van der Waals surface area contributed by atoms with Crippen LogP contribution >= 0.6 is 0 Å². The van der Waals surface area contributed by atoms with Crippen LogP contribution in [0.5, 0.6) is 5.75 Å². The molecule has 4 atom stereocenters. The van der Waals surface area contributed by atoms with Gasteiger partial charge in [-0.1, -0.05) is 46.2 Å². The average Bonchev–Trinajstić information content (AvgIpc) is 3.42. The summed E-state index contributed by atoms with van der Waals surface area (Å²) in [7, 11) is 0. The van der Waals surface area contributed by atoms with Gasteiger partial charge in [-0.05, 0) is 30.4 Å². The number of ether oxygens (including phenoxy) is 1. The van der Waals surface area contributed by atoms with Crippen LogP contribution in [-0.2, 0) is 20.9 Å². The molecule has 0 bridgehead atoms. The summed E-state index contributed by atoms with van der Waals surface area (Å²) >= 11 is 0. The van der Waals surface area contributed by atoms with E-state index in [9.17, 15) is 19.2 Å². The number of hydrogen-bond donors (Lipinski definition) is 4. The molecule has 0 fully saturated rings. The molecule has 0 spiro atoms. The molecule has 0 saturated carbocycles. The molecule has 11 heteroatoms. The number of carbonyl (C=O) groups is 4. The molecule has 3 rings (SSSR count). The Labute approximate surface area is 229 Å². The van der Waals surface area contributed by atoms with E-state index in [0.717, 1.165) is 0 Å². The smallest absolute Gasteiger partial charge is 0.255 e. The maximum Gasteiger partial charge on any atom is 0.255 e. The van der Waals surface area contributed by atoms with Gasteiger partial charge in [0.25, 0.3) is 5.91 Å². The second-order valence-electron chi connectivity index (χ2n) is 10.4. The molecule has 2 heterocycles. The van der Waals surface area contributed by atoms with Crippen LogP contribution in [0.15, 0.2) is 43.0 Å². The molecule has 0 aliphatic carbocycles. The van der Waals surface area contributed by atoms with Gasteiger partial charge in [0.15, 0.2) is 0 Å². The molecular formula is C28H40N6O5. The first-order valence-corrected chi connectivity index (χ1v) is 13.5. The van der Waals surface area contributed by atoms with E-state index in [1.165, 1.54) is 0 Å². The quantitative estimate of drug-likeness (QED) is 0.401. The van der Waals surface area contributed by atoms with Gasteiger partial charge in [-0.3, -0.25) is 19.2 Å². The fourth-order valence-electron chi connectivity index (χ4n) is 4.41. The highest BCUT2D eigenvalue weighted by Gasteiger charge is 2.32. The summed E-state index contributed by atoms with van der Waals surface area (Å²) in [6.07, 6.45) is 6.02. The number of nitrogens with zero attached hydrogens (tertiary/aromatic N) is 2. The van der Waals surface area contributed by atoms with Gasteiger partial charge in [-0.15, -0.1) is 0 Å². The summed E-state index contributed by atoms with van der Waals surface area (Å²) in [6.45, 7) is 8.83. The van der Waals surface area contributed by atoms with E-state index in [0.29, 0.717) is 25.1 Å². The fourth-order valence-corrected chi connectivity index (χ4v) is 4.41. The third kappa shape index (κ3) is 8.83. The number of amides is 4. The summed E-state index contributed by atoms with van der Waals surface area (Å²) < 4.78 is 7.84. The van der Waals surface area contributed by atoms with Crippen LogP contribution in [0, 0.1) is 11.8 Å². The highest BCUT2D eigenvalue weighted by molar-refractivity contribution is 6.01. The number of para-hydroxylation sites is 1. The van der Waals surface area contributed by atoms with Crippen molar-refractivity contribution in [2.75, 3.05) is 13.2 Å². The zero-order valence-corrected chi connectivity index (χ0v) is 23.1. The van der Waals surface area contributed by atoms with Gasteiger partial charge in [0.2, 0.25) is 17.7 Å². The number of imidazole rings is 1. The van der Waals surface area contributed by atoms with Crippen molar-refractivity contribution in [1.82, 2.24) is 30.8 Å². The maximum atomic E-state index is 13.4. The van der Waals surface area contributed by atoms with E-state index in [2.05, 4.69) is 26.3 Å². The lowest BCUT2D eigenvalue weighted by molar-refractivity contribution is -0.132. The molecule has 2 aromatic rings. The first-order chi connectivity index (χ1) is 18.7. The van der Waals surface area contributed by atoms with Crippen LogP contribution in [0.25, 0.3) is 0 Å². The summed E-state index contributed by atoms with van der Waals surface area (Å²) in [5, 5.41) is 11.3. The highest BCUT2D eigenvalue weighted by atomic mass is 16.5. The molecule has 11 nitrogen and oxygen atoms in total. The predicted molar refractivity (Wildman–Crippen MR) is 146 cm³/mol. The van der Waals surface area contributed by atoms with E-state index < -0.39 is 29.8 Å². The van der Waals surface area contributed by atoms with E-state index in [-0.39, 0.29) is 48.9 Å². The predicted octanol–water partition coefficient (Wildman–Crippen LogP) is 1.64. The van der Waals surface area contributed by atoms with Crippen molar-refractivity contribution >= 4 is 23.6 Å². The van der Waals surface area contributed by atoms with Gasteiger partial charge >= 0.3 is 0 Å². The number of aromatic nitrogens is 2. The van der Waals surface area contributed by atoms with Crippen LogP contribution in [-0.4, -0.2) is 64.5 Å². The van der Waals surface area contributed by atoms with Crippen molar-refractivity contribution in [3.63, 3.8) is 0 Å². The Bertz CT molecular complexity index is 1120. The monoisotopic (exact) mass is 540 g/mol. The van der Waals surface area contributed by atoms with E-state index in [1.807, 2.05) is 27.7 Å². The number of fused-ring (bicyclic) bond motifs is 1. The molecular weight excluding hydrogens is 500 g/mol. The third-order valence-corrected chi connectivity index (χ3v) is 6.73. The molecule has 1 aliphatic rings.